The molecule has 0 radical (unpaired) electrons. The SMILES string of the molecule is CNC.Cc1ccccc1.I. The molecule has 1 aromatic rings. The first-order valence-corrected chi connectivity index (χ1v) is 3.41. The molecule has 0 saturated heterocycles. The minimum Gasteiger partial charge on any atom is -0.323 e. The Labute approximate surface area is 86.2 Å². The molecule has 0 amide bonds. The molecule has 0 heterocycles. The quantitative estimate of drug-likeness (QED) is 0.710. The van der Waals surface area contributed by atoms with E-state index >= 15 is 0 Å². The smallest absolute Gasteiger partial charge is 0.0167 e. The molecule has 0 aliphatic rings. The van der Waals surface area contributed by atoms with Crippen molar-refractivity contribution in [3.63, 3.8) is 0 Å². The van der Waals surface area contributed by atoms with Crippen LogP contribution in [-0.4, -0.2) is 14.1 Å². The van der Waals surface area contributed by atoms with Crippen molar-refractivity contribution in [3.05, 3.63) is 35.9 Å². The summed E-state index contributed by atoms with van der Waals surface area (Å²) in [5.41, 5.74) is 1.32. The third-order valence-corrected chi connectivity index (χ3v) is 0.940. The molecule has 1 aromatic carbocycles. The lowest BCUT2D eigenvalue weighted by Gasteiger charge is -1.82. The van der Waals surface area contributed by atoms with Crippen LogP contribution < -0.4 is 5.32 Å². The molecular formula is C9H16IN. The van der Waals surface area contributed by atoms with E-state index in [1.807, 2.05) is 32.3 Å². The summed E-state index contributed by atoms with van der Waals surface area (Å²) in [5.74, 6) is 0. The molecule has 11 heavy (non-hydrogen) atoms. The highest BCUT2D eigenvalue weighted by Crippen LogP contribution is 1.92. The van der Waals surface area contributed by atoms with Gasteiger partial charge >= 0.3 is 0 Å². The molecule has 0 fully saturated rings. The average molecular weight is 265 g/mol. The van der Waals surface area contributed by atoms with Crippen molar-refractivity contribution in [1.82, 2.24) is 5.32 Å². The first-order chi connectivity index (χ1) is 4.81. The monoisotopic (exact) mass is 265 g/mol. The first kappa shape index (κ1) is 13.5. The Morgan fingerprint density at radius 1 is 1.00 bits per heavy atom. The molecule has 1 rings (SSSR count). The Bertz CT molecular complexity index is 151. The van der Waals surface area contributed by atoms with Gasteiger partial charge in [0.2, 0.25) is 0 Å². The normalized spacial score (nSPS) is 7.18. The van der Waals surface area contributed by atoms with Crippen molar-refractivity contribution in [2.75, 3.05) is 14.1 Å². The Morgan fingerprint density at radius 2 is 1.36 bits per heavy atom. The number of rotatable bonds is 0. The Morgan fingerprint density at radius 3 is 1.55 bits per heavy atom. The van der Waals surface area contributed by atoms with E-state index in [0.29, 0.717) is 0 Å². The van der Waals surface area contributed by atoms with E-state index in [4.69, 9.17) is 0 Å². The van der Waals surface area contributed by atoms with Crippen molar-refractivity contribution in [3.8, 4) is 0 Å². The number of nitrogens with one attached hydrogen (secondary N) is 1. The van der Waals surface area contributed by atoms with Crippen LogP contribution in [0.5, 0.6) is 0 Å². The second kappa shape index (κ2) is 9.91. The molecule has 0 aromatic heterocycles. The maximum absolute atomic E-state index is 2.75. The largest absolute Gasteiger partial charge is 0.323 e. The summed E-state index contributed by atoms with van der Waals surface area (Å²) < 4.78 is 0. The number of aryl methyl sites for hydroxylation is 1. The topological polar surface area (TPSA) is 12.0 Å². The molecule has 1 N–H and O–H groups in total. The zero-order chi connectivity index (χ0) is 7.82. The van der Waals surface area contributed by atoms with Crippen molar-refractivity contribution >= 4 is 24.0 Å². The summed E-state index contributed by atoms with van der Waals surface area (Å²) in [5, 5.41) is 2.75. The van der Waals surface area contributed by atoms with E-state index in [2.05, 4.69) is 24.4 Å². The lowest BCUT2D eigenvalue weighted by Crippen LogP contribution is -1.89. The van der Waals surface area contributed by atoms with Crippen LogP contribution in [0, 0.1) is 6.92 Å². The van der Waals surface area contributed by atoms with Gasteiger partial charge in [-0.2, -0.15) is 0 Å². The second-order valence-corrected chi connectivity index (χ2v) is 2.15. The fraction of sp³-hybridized carbons (Fsp3) is 0.333. The predicted octanol–water partition coefficient (Wildman–Crippen LogP) is 2.45. The molecule has 0 spiro atoms. The average Bonchev–Trinajstić information content (AvgIpc) is 1.91. The van der Waals surface area contributed by atoms with Crippen LogP contribution in [0.1, 0.15) is 5.56 Å². The van der Waals surface area contributed by atoms with Crippen LogP contribution in [0.3, 0.4) is 0 Å². The van der Waals surface area contributed by atoms with Gasteiger partial charge in [0.25, 0.3) is 0 Å². The zero-order valence-corrected chi connectivity index (χ0v) is 9.63. The van der Waals surface area contributed by atoms with Gasteiger partial charge in [0.15, 0.2) is 0 Å². The van der Waals surface area contributed by atoms with Gasteiger partial charge in [-0.15, -0.1) is 24.0 Å². The molecular weight excluding hydrogens is 249 g/mol. The van der Waals surface area contributed by atoms with Gasteiger partial charge < -0.3 is 5.32 Å². The van der Waals surface area contributed by atoms with Crippen LogP contribution in [0.25, 0.3) is 0 Å². The minimum absolute atomic E-state index is 0. The van der Waals surface area contributed by atoms with E-state index in [1.165, 1.54) is 5.56 Å². The molecule has 0 atom stereocenters. The van der Waals surface area contributed by atoms with Crippen LogP contribution in [-0.2, 0) is 0 Å². The van der Waals surface area contributed by atoms with Crippen molar-refractivity contribution < 1.29 is 0 Å². The second-order valence-electron chi connectivity index (χ2n) is 2.15. The highest BCUT2D eigenvalue weighted by Gasteiger charge is 1.72. The molecule has 0 unspecified atom stereocenters. The van der Waals surface area contributed by atoms with Gasteiger partial charge in [-0.25, -0.2) is 0 Å². The van der Waals surface area contributed by atoms with Crippen molar-refractivity contribution in [2.45, 2.75) is 6.92 Å². The molecule has 0 bridgehead atoms. The first-order valence-electron chi connectivity index (χ1n) is 3.41. The maximum Gasteiger partial charge on any atom is -0.0167 e. The van der Waals surface area contributed by atoms with Gasteiger partial charge in [-0.3, -0.25) is 0 Å². The molecule has 0 saturated carbocycles. The van der Waals surface area contributed by atoms with Crippen molar-refractivity contribution in [1.29, 1.82) is 0 Å². The van der Waals surface area contributed by atoms with Crippen LogP contribution in [0.2, 0.25) is 0 Å². The van der Waals surface area contributed by atoms with E-state index in [0.717, 1.165) is 0 Å². The number of hydrogen-bond acceptors (Lipinski definition) is 1. The Kier molecular flexibility index (Phi) is 12.2. The van der Waals surface area contributed by atoms with Crippen LogP contribution >= 0.6 is 24.0 Å². The highest BCUT2D eigenvalue weighted by atomic mass is 127. The Balaban J connectivity index is 0. The lowest BCUT2D eigenvalue weighted by molar-refractivity contribution is 1.02. The Hall–Kier alpha value is -0.0900. The van der Waals surface area contributed by atoms with Crippen molar-refractivity contribution in [2.24, 2.45) is 0 Å². The van der Waals surface area contributed by atoms with Gasteiger partial charge in [0.05, 0.1) is 0 Å². The zero-order valence-electron chi connectivity index (χ0n) is 7.29. The van der Waals surface area contributed by atoms with Crippen LogP contribution in [0.4, 0.5) is 0 Å². The molecule has 1 nitrogen and oxygen atoms in total. The number of halogens is 1. The summed E-state index contributed by atoms with van der Waals surface area (Å²) in [6.07, 6.45) is 0. The maximum atomic E-state index is 2.75. The molecule has 2 heteroatoms. The molecule has 0 aliphatic heterocycles. The van der Waals surface area contributed by atoms with E-state index in [-0.39, 0.29) is 24.0 Å². The van der Waals surface area contributed by atoms with Crippen LogP contribution in [0.15, 0.2) is 30.3 Å². The van der Waals surface area contributed by atoms with E-state index in [9.17, 15) is 0 Å². The summed E-state index contributed by atoms with van der Waals surface area (Å²) in [6, 6.07) is 10.3. The van der Waals surface area contributed by atoms with E-state index < -0.39 is 0 Å². The fourth-order valence-corrected chi connectivity index (χ4v) is 0.534. The third kappa shape index (κ3) is 9.91. The summed E-state index contributed by atoms with van der Waals surface area (Å²) in [4.78, 5) is 0. The molecule has 0 aliphatic carbocycles. The highest BCUT2D eigenvalue weighted by molar-refractivity contribution is 14.0. The predicted molar refractivity (Wildman–Crippen MR) is 61.6 cm³/mol. The van der Waals surface area contributed by atoms with E-state index in [1.54, 1.807) is 0 Å². The van der Waals surface area contributed by atoms with Gasteiger partial charge in [0, 0.05) is 0 Å². The summed E-state index contributed by atoms with van der Waals surface area (Å²) in [7, 11) is 3.75. The van der Waals surface area contributed by atoms with Gasteiger partial charge in [-0.05, 0) is 21.0 Å². The van der Waals surface area contributed by atoms with Gasteiger partial charge in [0.1, 0.15) is 0 Å². The van der Waals surface area contributed by atoms with Gasteiger partial charge in [-0.1, -0.05) is 35.9 Å². The summed E-state index contributed by atoms with van der Waals surface area (Å²) in [6.45, 7) is 2.08. The summed E-state index contributed by atoms with van der Waals surface area (Å²) >= 11 is 0. The third-order valence-electron chi connectivity index (χ3n) is 0.940. The fourth-order valence-electron chi connectivity index (χ4n) is 0.534. The number of benzene rings is 1. The minimum atomic E-state index is 0. The standard InChI is InChI=1S/C7H8.C2H7N.HI/c1-7-5-3-2-4-6-7;1-3-2;/h2-6H,1H3;3H,1-2H3;1H. The lowest BCUT2D eigenvalue weighted by atomic mass is 10.2. The number of hydrogen-bond donors (Lipinski definition) is 1. The molecule has 64 valence electrons.